The van der Waals surface area contributed by atoms with Crippen LogP contribution in [0.2, 0.25) is 0 Å². The predicted octanol–water partition coefficient (Wildman–Crippen LogP) is 3.20. The molecule has 0 saturated heterocycles. The first-order valence-corrected chi connectivity index (χ1v) is 6.56. The van der Waals surface area contributed by atoms with E-state index in [-0.39, 0.29) is 5.82 Å². The van der Waals surface area contributed by atoms with Gasteiger partial charge in [-0.2, -0.15) is 4.98 Å². The molecule has 0 atom stereocenters. The average molecular weight is 275 g/mol. The highest BCUT2D eigenvalue weighted by Gasteiger charge is 2.04. The molecule has 106 valence electrons. The van der Waals surface area contributed by atoms with Crippen LogP contribution in [-0.4, -0.2) is 11.6 Å². The Morgan fingerprint density at radius 2 is 2.15 bits per heavy atom. The van der Waals surface area contributed by atoms with Crippen LogP contribution < -0.4 is 15.8 Å². The summed E-state index contributed by atoms with van der Waals surface area (Å²) < 4.78 is 18.5. The van der Waals surface area contributed by atoms with Crippen molar-refractivity contribution in [2.45, 2.75) is 19.9 Å². The maximum atomic E-state index is 13.1. The van der Waals surface area contributed by atoms with Crippen molar-refractivity contribution in [1.29, 1.82) is 0 Å². The lowest BCUT2D eigenvalue weighted by Crippen LogP contribution is -2.05. The number of hydrogen-bond acceptors (Lipinski definition) is 4. The second-order valence-electron chi connectivity index (χ2n) is 4.42. The molecule has 0 fully saturated rings. The van der Waals surface area contributed by atoms with Gasteiger partial charge in [0, 0.05) is 6.54 Å². The van der Waals surface area contributed by atoms with E-state index in [1.165, 1.54) is 12.1 Å². The Balaban J connectivity index is 2.02. The molecule has 2 rings (SSSR count). The highest BCUT2D eigenvalue weighted by atomic mass is 19.1. The maximum absolute atomic E-state index is 13.1. The molecule has 5 heteroatoms. The average Bonchev–Trinajstić information content (AvgIpc) is 2.45. The number of anilines is 2. The zero-order valence-corrected chi connectivity index (χ0v) is 11.4. The van der Waals surface area contributed by atoms with Crippen LogP contribution in [0.1, 0.15) is 18.9 Å². The molecule has 1 aromatic carbocycles. The number of halogens is 1. The lowest BCUT2D eigenvalue weighted by molar-refractivity contribution is 0.307. The molecule has 0 radical (unpaired) electrons. The Morgan fingerprint density at radius 3 is 2.90 bits per heavy atom. The number of rotatable bonds is 6. The fraction of sp³-hybridized carbons (Fsp3) is 0.267. The van der Waals surface area contributed by atoms with Crippen molar-refractivity contribution < 1.29 is 9.13 Å². The van der Waals surface area contributed by atoms with Gasteiger partial charge in [-0.3, -0.25) is 0 Å². The number of benzene rings is 1. The minimum absolute atomic E-state index is 0.249. The molecule has 0 aliphatic carbocycles. The summed E-state index contributed by atoms with van der Waals surface area (Å²) in [5.41, 5.74) is 7.15. The molecule has 4 nitrogen and oxygen atoms in total. The van der Waals surface area contributed by atoms with Crippen molar-refractivity contribution in [1.82, 2.24) is 4.98 Å². The highest BCUT2D eigenvalue weighted by Crippen LogP contribution is 2.21. The summed E-state index contributed by atoms with van der Waals surface area (Å²) in [6.45, 7) is 3.08. The summed E-state index contributed by atoms with van der Waals surface area (Å²) >= 11 is 0. The zero-order chi connectivity index (χ0) is 14.4. The van der Waals surface area contributed by atoms with E-state index in [9.17, 15) is 4.39 Å². The number of nitrogens with one attached hydrogen (secondary N) is 1. The van der Waals surface area contributed by atoms with Gasteiger partial charge in [0.15, 0.2) is 0 Å². The molecule has 0 bridgehead atoms. The van der Waals surface area contributed by atoms with Gasteiger partial charge in [-0.15, -0.1) is 0 Å². The maximum Gasteiger partial charge on any atom is 0.239 e. The van der Waals surface area contributed by atoms with Crippen molar-refractivity contribution in [2.75, 3.05) is 17.7 Å². The van der Waals surface area contributed by atoms with Crippen molar-refractivity contribution in [3.05, 3.63) is 47.8 Å². The number of hydrogen-bond donors (Lipinski definition) is 2. The molecular formula is C15H18FN3O. The van der Waals surface area contributed by atoms with Crippen molar-refractivity contribution in [3.63, 3.8) is 0 Å². The minimum Gasteiger partial charge on any atom is -0.476 e. The van der Waals surface area contributed by atoms with E-state index in [4.69, 9.17) is 10.5 Å². The van der Waals surface area contributed by atoms with Gasteiger partial charge in [-0.1, -0.05) is 19.1 Å². The van der Waals surface area contributed by atoms with Crippen LogP contribution in [0.4, 0.5) is 15.9 Å². The minimum atomic E-state index is -0.249. The Bertz CT molecular complexity index is 575. The van der Waals surface area contributed by atoms with Gasteiger partial charge in [0.2, 0.25) is 5.88 Å². The van der Waals surface area contributed by atoms with E-state index in [1.807, 2.05) is 13.0 Å². The summed E-state index contributed by atoms with van der Waals surface area (Å²) in [5, 5.41) is 3.12. The van der Waals surface area contributed by atoms with Crippen LogP contribution >= 0.6 is 0 Å². The second-order valence-corrected chi connectivity index (χ2v) is 4.42. The quantitative estimate of drug-likeness (QED) is 0.850. The number of nitrogens with zero attached hydrogens (tertiary/aromatic N) is 1. The number of ether oxygens (including phenoxy) is 1. The van der Waals surface area contributed by atoms with Crippen LogP contribution in [0.15, 0.2) is 36.4 Å². The molecule has 3 N–H and O–H groups in total. The molecular weight excluding hydrogens is 257 g/mol. The number of nitrogens with two attached hydrogens (primary N) is 1. The summed E-state index contributed by atoms with van der Waals surface area (Å²) in [7, 11) is 0. The third-order valence-electron chi connectivity index (χ3n) is 2.70. The van der Waals surface area contributed by atoms with Gasteiger partial charge in [0.25, 0.3) is 0 Å². The molecule has 1 aromatic heterocycles. The van der Waals surface area contributed by atoms with E-state index in [2.05, 4.69) is 10.3 Å². The standard InChI is InChI=1S/C15H18FN3O/c1-2-8-20-15-13(17)6-7-14(19-15)18-10-11-4-3-5-12(16)9-11/h3-7,9H,2,8,10,17H2,1H3,(H,18,19). The lowest BCUT2D eigenvalue weighted by atomic mass is 10.2. The van der Waals surface area contributed by atoms with Gasteiger partial charge in [-0.05, 0) is 36.2 Å². The summed E-state index contributed by atoms with van der Waals surface area (Å²) in [5.74, 6) is 0.826. The van der Waals surface area contributed by atoms with Gasteiger partial charge in [0.1, 0.15) is 11.6 Å². The Morgan fingerprint density at radius 1 is 1.30 bits per heavy atom. The van der Waals surface area contributed by atoms with Gasteiger partial charge in [-0.25, -0.2) is 4.39 Å². The van der Waals surface area contributed by atoms with E-state index >= 15 is 0 Å². The molecule has 0 spiro atoms. The third-order valence-corrected chi connectivity index (χ3v) is 2.70. The van der Waals surface area contributed by atoms with E-state index in [1.54, 1.807) is 18.2 Å². The summed E-state index contributed by atoms with van der Waals surface area (Å²) in [6.07, 6.45) is 0.891. The Hall–Kier alpha value is -2.30. The molecule has 1 heterocycles. The van der Waals surface area contributed by atoms with Crippen LogP contribution in [0.25, 0.3) is 0 Å². The van der Waals surface area contributed by atoms with E-state index < -0.39 is 0 Å². The molecule has 0 aliphatic rings. The van der Waals surface area contributed by atoms with E-state index in [0.717, 1.165) is 12.0 Å². The summed E-state index contributed by atoms with van der Waals surface area (Å²) in [4.78, 5) is 4.30. The first-order valence-electron chi connectivity index (χ1n) is 6.56. The zero-order valence-electron chi connectivity index (χ0n) is 11.4. The number of aromatic nitrogens is 1. The SMILES string of the molecule is CCCOc1nc(NCc2cccc(F)c2)ccc1N. The fourth-order valence-corrected chi connectivity index (χ4v) is 1.70. The number of nitrogen functional groups attached to an aromatic ring is 1. The second kappa shape index (κ2) is 6.75. The highest BCUT2D eigenvalue weighted by molar-refractivity contribution is 5.53. The van der Waals surface area contributed by atoms with Crippen LogP contribution in [0.3, 0.4) is 0 Å². The summed E-state index contributed by atoms with van der Waals surface area (Å²) in [6, 6.07) is 9.94. The topological polar surface area (TPSA) is 60.2 Å². The normalized spacial score (nSPS) is 10.3. The van der Waals surface area contributed by atoms with Crippen molar-refractivity contribution >= 4 is 11.5 Å². The third kappa shape index (κ3) is 3.85. The predicted molar refractivity (Wildman–Crippen MR) is 78.2 cm³/mol. The van der Waals surface area contributed by atoms with Crippen molar-refractivity contribution in [3.8, 4) is 5.88 Å². The van der Waals surface area contributed by atoms with Crippen molar-refractivity contribution in [2.24, 2.45) is 0 Å². The molecule has 20 heavy (non-hydrogen) atoms. The Kier molecular flexibility index (Phi) is 4.76. The molecule has 0 unspecified atom stereocenters. The first kappa shape index (κ1) is 14.1. The van der Waals surface area contributed by atoms with Gasteiger partial charge < -0.3 is 15.8 Å². The largest absolute Gasteiger partial charge is 0.476 e. The van der Waals surface area contributed by atoms with Crippen LogP contribution in [0.5, 0.6) is 5.88 Å². The number of pyridine rings is 1. The monoisotopic (exact) mass is 275 g/mol. The fourth-order valence-electron chi connectivity index (χ4n) is 1.70. The lowest BCUT2D eigenvalue weighted by Gasteiger charge is -2.10. The Labute approximate surface area is 117 Å². The van der Waals surface area contributed by atoms with Crippen LogP contribution in [-0.2, 0) is 6.54 Å². The molecule has 0 aliphatic heterocycles. The molecule has 2 aromatic rings. The molecule has 0 amide bonds. The van der Waals surface area contributed by atoms with Gasteiger partial charge in [0.05, 0.1) is 12.3 Å². The first-order chi connectivity index (χ1) is 9.69. The molecule has 0 saturated carbocycles. The van der Waals surface area contributed by atoms with E-state index in [0.29, 0.717) is 30.5 Å². The van der Waals surface area contributed by atoms with Gasteiger partial charge >= 0.3 is 0 Å². The van der Waals surface area contributed by atoms with Crippen LogP contribution in [0, 0.1) is 5.82 Å². The smallest absolute Gasteiger partial charge is 0.239 e.